The van der Waals surface area contributed by atoms with Crippen molar-refractivity contribution in [2.24, 2.45) is 0 Å². The van der Waals surface area contributed by atoms with E-state index >= 15 is 0 Å². The highest BCUT2D eigenvalue weighted by Crippen LogP contribution is 2.22. The summed E-state index contributed by atoms with van der Waals surface area (Å²) in [6.45, 7) is 8.36. The van der Waals surface area contributed by atoms with Crippen molar-refractivity contribution < 1.29 is 9.72 Å². The van der Waals surface area contributed by atoms with Crippen molar-refractivity contribution in [1.29, 1.82) is 0 Å². The van der Waals surface area contributed by atoms with Gasteiger partial charge in [0, 0.05) is 18.2 Å². The SMILES string of the molecule is CCNc1cc(C(=O)NC(C)(CC)CC)c([N+](=O)[O-])cn1. The van der Waals surface area contributed by atoms with Crippen molar-refractivity contribution in [2.45, 2.75) is 46.1 Å². The average molecular weight is 294 g/mol. The Hall–Kier alpha value is -2.18. The molecular formula is C14H22N4O3. The second kappa shape index (κ2) is 7.01. The zero-order valence-electron chi connectivity index (χ0n) is 12.9. The van der Waals surface area contributed by atoms with Crippen molar-refractivity contribution in [3.8, 4) is 0 Å². The van der Waals surface area contributed by atoms with Gasteiger partial charge in [-0.3, -0.25) is 14.9 Å². The van der Waals surface area contributed by atoms with E-state index in [0.29, 0.717) is 12.4 Å². The van der Waals surface area contributed by atoms with E-state index < -0.39 is 10.8 Å². The molecule has 0 spiro atoms. The van der Waals surface area contributed by atoms with Gasteiger partial charge in [-0.25, -0.2) is 4.98 Å². The highest BCUT2D eigenvalue weighted by molar-refractivity contribution is 5.99. The van der Waals surface area contributed by atoms with Crippen molar-refractivity contribution in [3.63, 3.8) is 0 Å². The Morgan fingerprint density at radius 3 is 2.48 bits per heavy atom. The van der Waals surface area contributed by atoms with E-state index in [2.05, 4.69) is 15.6 Å². The zero-order chi connectivity index (χ0) is 16.0. The maximum atomic E-state index is 12.4. The maximum Gasteiger partial charge on any atom is 0.300 e. The fraction of sp³-hybridized carbons (Fsp3) is 0.571. The molecular weight excluding hydrogens is 272 g/mol. The lowest BCUT2D eigenvalue weighted by atomic mass is 9.95. The minimum atomic E-state index is -0.590. The van der Waals surface area contributed by atoms with E-state index in [4.69, 9.17) is 0 Å². The predicted molar refractivity (Wildman–Crippen MR) is 81.5 cm³/mol. The molecule has 1 aromatic rings. The van der Waals surface area contributed by atoms with Crippen LogP contribution in [-0.4, -0.2) is 27.9 Å². The number of aromatic nitrogens is 1. The lowest BCUT2D eigenvalue weighted by Crippen LogP contribution is -2.45. The first kappa shape index (κ1) is 16.9. The van der Waals surface area contributed by atoms with Gasteiger partial charge in [0.05, 0.1) is 4.92 Å². The molecule has 0 unspecified atom stereocenters. The number of carbonyl (C=O) groups is 1. The zero-order valence-corrected chi connectivity index (χ0v) is 12.9. The molecule has 1 aromatic heterocycles. The van der Waals surface area contributed by atoms with Gasteiger partial charge < -0.3 is 10.6 Å². The molecule has 0 aliphatic carbocycles. The van der Waals surface area contributed by atoms with Crippen molar-refractivity contribution in [3.05, 3.63) is 27.9 Å². The van der Waals surface area contributed by atoms with Crippen LogP contribution in [0.5, 0.6) is 0 Å². The molecule has 1 amide bonds. The van der Waals surface area contributed by atoms with E-state index in [1.165, 1.54) is 6.07 Å². The van der Waals surface area contributed by atoms with Crippen LogP contribution in [0.4, 0.5) is 11.5 Å². The maximum absolute atomic E-state index is 12.4. The Labute approximate surface area is 124 Å². The minimum absolute atomic E-state index is 0.0269. The first-order valence-electron chi connectivity index (χ1n) is 7.07. The normalized spacial score (nSPS) is 11.0. The Kier molecular flexibility index (Phi) is 5.63. The highest BCUT2D eigenvalue weighted by atomic mass is 16.6. The molecule has 0 saturated heterocycles. The Morgan fingerprint density at radius 2 is 2.00 bits per heavy atom. The fourth-order valence-electron chi connectivity index (χ4n) is 1.82. The van der Waals surface area contributed by atoms with E-state index in [-0.39, 0.29) is 16.8 Å². The first-order valence-corrected chi connectivity index (χ1v) is 7.07. The monoisotopic (exact) mass is 294 g/mol. The molecule has 2 N–H and O–H groups in total. The summed E-state index contributed by atoms with van der Waals surface area (Å²) in [4.78, 5) is 26.8. The van der Waals surface area contributed by atoms with Gasteiger partial charge in [0.2, 0.25) is 0 Å². The van der Waals surface area contributed by atoms with E-state index in [1.807, 2.05) is 27.7 Å². The second-order valence-corrected chi connectivity index (χ2v) is 5.10. The van der Waals surface area contributed by atoms with Gasteiger partial charge in [-0.05, 0) is 26.7 Å². The summed E-state index contributed by atoms with van der Waals surface area (Å²) in [5, 5.41) is 16.9. The second-order valence-electron chi connectivity index (χ2n) is 5.10. The molecule has 0 atom stereocenters. The molecule has 7 heteroatoms. The van der Waals surface area contributed by atoms with Gasteiger partial charge in [0.25, 0.3) is 11.6 Å². The van der Waals surface area contributed by atoms with Gasteiger partial charge in [-0.15, -0.1) is 0 Å². The number of hydrogen-bond donors (Lipinski definition) is 2. The van der Waals surface area contributed by atoms with E-state index in [0.717, 1.165) is 19.0 Å². The van der Waals surface area contributed by atoms with Gasteiger partial charge in [-0.2, -0.15) is 0 Å². The lowest BCUT2D eigenvalue weighted by Gasteiger charge is -2.28. The van der Waals surface area contributed by atoms with Crippen molar-refractivity contribution in [1.82, 2.24) is 10.3 Å². The van der Waals surface area contributed by atoms with Crippen LogP contribution in [0, 0.1) is 10.1 Å². The molecule has 21 heavy (non-hydrogen) atoms. The summed E-state index contributed by atoms with van der Waals surface area (Å²) in [6.07, 6.45) is 2.60. The fourth-order valence-corrected chi connectivity index (χ4v) is 1.82. The highest BCUT2D eigenvalue weighted by Gasteiger charge is 2.27. The molecule has 0 fully saturated rings. The van der Waals surface area contributed by atoms with Crippen LogP contribution >= 0.6 is 0 Å². The summed E-state index contributed by atoms with van der Waals surface area (Å²) >= 11 is 0. The van der Waals surface area contributed by atoms with Crippen molar-refractivity contribution in [2.75, 3.05) is 11.9 Å². The third-order valence-electron chi connectivity index (χ3n) is 3.66. The average Bonchev–Trinajstić information content (AvgIpc) is 2.47. The van der Waals surface area contributed by atoms with Crippen LogP contribution in [-0.2, 0) is 0 Å². The first-order chi connectivity index (χ1) is 9.86. The summed E-state index contributed by atoms with van der Waals surface area (Å²) < 4.78 is 0. The number of amides is 1. The number of carbonyl (C=O) groups excluding carboxylic acids is 1. The van der Waals surface area contributed by atoms with Crippen LogP contribution in [0.2, 0.25) is 0 Å². The molecule has 1 heterocycles. The lowest BCUT2D eigenvalue weighted by molar-refractivity contribution is -0.385. The molecule has 0 aliphatic rings. The molecule has 116 valence electrons. The van der Waals surface area contributed by atoms with E-state index in [9.17, 15) is 14.9 Å². The van der Waals surface area contributed by atoms with Gasteiger partial charge >= 0.3 is 0 Å². The van der Waals surface area contributed by atoms with E-state index in [1.54, 1.807) is 0 Å². The third-order valence-corrected chi connectivity index (χ3v) is 3.66. The predicted octanol–water partition coefficient (Wildman–Crippen LogP) is 2.73. The van der Waals surface area contributed by atoms with Gasteiger partial charge in [0.15, 0.2) is 0 Å². The Morgan fingerprint density at radius 1 is 1.38 bits per heavy atom. The largest absolute Gasteiger partial charge is 0.370 e. The molecule has 0 aliphatic heterocycles. The van der Waals surface area contributed by atoms with Crippen LogP contribution < -0.4 is 10.6 Å². The molecule has 0 bridgehead atoms. The molecule has 0 saturated carbocycles. The molecule has 1 rings (SSSR count). The van der Waals surface area contributed by atoms with Crippen LogP contribution in [0.3, 0.4) is 0 Å². The standard InChI is InChI=1S/C14H22N4O3/c1-5-14(4,6-2)17-13(19)10-8-12(15-7-3)16-9-11(10)18(20)21/h8-9H,5-7H2,1-4H3,(H,15,16)(H,17,19). The van der Waals surface area contributed by atoms with Gasteiger partial charge in [0.1, 0.15) is 17.6 Å². The molecule has 7 nitrogen and oxygen atoms in total. The smallest absolute Gasteiger partial charge is 0.300 e. The van der Waals surface area contributed by atoms with Crippen molar-refractivity contribution >= 4 is 17.4 Å². The van der Waals surface area contributed by atoms with Crippen LogP contribution in [0.25, 0.3) is 0 Å². The van der Waals surface area contributed by atoms with Gasteiger partial charge in [-0.1, -0.05) is 13.8 Å². The Balaban J connectivity index is 3.16. The summed E-state index contributed by atoms with van der Waals surface area (Å²) in [5.74, 6) is -0.00240. The quantitative estimate of drug-likeness (QED) is 0.595. The van der Waals surface area contributed by atoms with Crippen LogP contribution in [0.1, 0.15) is 50.9 Å². The number of nitrogens with zero attached hydrogens (tertiary/aromatic N) is 2. The number of nitrogens with one attached hydrogen (secondary N) is 2. The molecule has 0 radical (unpaired) electrons. The summed E-state index contributed by atoms with van der Waals surface area (Å²) in [6, 6.07) is 1.42. The number of rotatable bonds is 7. The summed E-state index contributed by atoms with van der Waals surface area (Å²) in [7, 11) is 0. The number of anilines is 1. The van der Waals surface area contributed by atoms with Crippen LogP contribution in [0.15, 0.2) is 12.3 Å². The summed E-state index contributed by atoms with van der Waals surface area (Å²) in [5.41, 5.74) is -0.644. The topological polar surface area (TPSA) is 97.2 Å². The number of nitro groups is 1. The molecule has 0 aromatic carbocycles. The minimum Gasteiger partial charge on any atom is -0.370 e. The number of hydrogen-bond acceptors (Lipinski definition) is 5. The Bertz CT molecular complexity index is 527. The number of pyridine rings is 1. The third kappa shape index (κ3) is 4.14.